The molecule has 0 spiro atoms. The van der Waals surface area contributed by atoms with Crippen LogP contribution in [0.5, 0.6) is 0 Å². The molecular formula is C16H12ClN3O3. The second-order valence-corrected chi connectivity index (χ2v) is 5.23. The molecule has 0 aliphatic rings. The predicted molar refractivity (Wildman–Crippen MR) is 85.0 cm³/mol. The number of esters is 1. The van der Waals surface area contributed by atoms with Crippen molar-refractivity contribution in [3.8, 4) is 0 Å². The Labute approximate surface area is 136 Å². The van der Waals surface area contributed by atoms with Gasteiger partial charge in [-0.05, 0) is 23.8 Å². The summed E-state index contributed by atoms with van der Waals surface area (Å²) in [7, 11) is 0. The number of hydrogen-bond acceptors (Lipinski definition) is 5. The average molecular weight is 330 g/mol. The van der Waals surface area contributed by atoms with Gasteiger partial charge in [-0.15, -0.1) is 5.10 Å². The molecule has 0 N–H and O–H groups in total. The summed E-state index contributed by atoms with van der Waals surface area (Å²) in [5, 5.41) is 8.59. The van der Waals surface area contributed by atoms with Gasteiger partial charge in [-0.1, -0.05) is 47.1 Å². The molecule has 0 aliphatic heterocycles. The summed E-state index contributed by atoms with van der Waals surface area (Å²) >= 11 is 5.99. The van der Waals surface area contributed by atoms with E-state index < -0.39 is 5.97 Å². The molecule has 7 heteroatoms. The first-order valence-corrected chi connectivity index (χ1v) is 7.24. The molecule has 0 atom stereocenters. The van der Waals surface area contributed by atoms with Crippen molar-refractivity contribution in [3.63, 3.8) is 0 Å². The topological polar surface area (TPSA) is 74.1 Å². The summed E-state index contributed by atoms with van der Waals surface area (Å²) in [5.41, 5.74) is 0.799. The highest BCUT2D eigenvalue weighted by molar-refractivity contribution is 6.31. The fraction of sp³-hybridized carbons (Fsp3) is 0.125. The number of fused-ring (bicyclic) bond motifs is 1. The first kappa shape index (κ1) is 15.2. The van der Waals surface area contributed by atoms with Crippen molar-refractivity contribution in [2.24, 2.45) is 0 Å². The van der Waals surface area contributed by atoms with Crippen molar-refractivity contribution >= 4 is 28.5 Å². The zero-order valence-corrected chi connectivity index (χ0v) is 12.7. The van der Waals surface area contributed by atoms with Gasteiger partial charge in [-0.3, -0.25) is 9.59 Å². The van der Waals surface area contributed by atoms with Crippen molar-refractivity contribution in [2.75, 3.05) is 0 Å². The second-order valence-electron chi connectivity index (χ2n) is 4.82. The Bertz CT molecular complexity index is 924. The van der Waals surface area contributed by atoms with Gasteiger partial charge in [-0.25, -0.2) is 0 Å². The molecule has 0 amide bonds. The molecule has 3 aromatic rings. The quantitative estimate of drug-likeness (QED) is 0.686. The van der Waals surface area contributed by atoms with Crippen LogP contribution in [0, 0.1) is 0 Å². The summed E-state index contributed by atoms with van der Waals surface area (Å²) in [6.45, 7) is -0.292. The molecule has 1 heterocycles. The van der Waals surface area contributed by atoms with Gasteiger partial charge in [0.2, 0.25) is 0 Å². The van der Waals surface area contributed by atoms with Crippen LogP contribution >= 0.6 is 11.6 Å². The monoisotopic (exact) mass is 329 g/mol. The molecule has 116 valence electrons. The minimum Gasteiger partial charge on any atom is -0.442 e. The Morgan fingerprint density at radius 1 is 1.13 bits per heavy atom. The van der Waals surface area contributed by atoms with E-state index in [1.165, 1.54) is 0 Å². The molecule has 1 aromatic heterocycles. The summed E-state index contributed by atoms with van der Waals surface area (Å²) < 4.78 is 6.09. The zero-order chi connectivity index (χ0) is 16.2. The third-order valence-electron chi connectivity index (χ3n) is 3.27. The maximum Gasteiger partial charge on any atom is 0.312 e. The highest BCUT2D eigenvalue weighted by Gasteiger charge is 2.10. The van der Waals surface area contributed by atoms with Crippen molar-refractivity contribution in [2.45, 2.75) is 13.2 Å². The highest BCUT2D eigenvalue weighted by atomic mass is 35.5. The maximum absolute atomic E-state index is 12.2. The lowest BCUT2D eigenvalue weighted by molar-refractivity contribution is -0.147. The van der Waals surface area contributed by atoms with Gasteiger partial charge in [0.1, 0.15) is 5.52 Å². The molecular weight excluding hydrogens is 318 g/mol. The van der Waals surface area contributed by atoms with Crippen molar-refractivity contribution in [1.82, 2.24) is 15.0 Å². The first-order chi connectivity index (χ1) is 11.1. The number of benzene rings is 2. The van der Waals surface area contributed by atoms with Crippen molar-refractivity contribution in [3.05, 3.63) is 69.5 Å². The van der Waals surface area contributed by atoms with Gasteiger partial charge < -0.3 is 4.74 Å². The Kier molecular flexibility index (Phi) is 4.34. The minimum absolute atomic E-state index is 0.0232. The highest BCUT2D eigenvalue weighted by Crippen LogP contribution is 2.15. The van der Waals surface area contributed by atoms with Crippen LogP contribution < -0.4 is 5.56 Å². The van der Waals surface area contributed by atoms with Crippen molar-refractivity contribution in [1.29, 1.82) is 0 Å². The summed E-state index contributed by atoms with van der Waals surface area (Å²) in [5.74, 6) is -0.500. The number of rotatable bonds is 4. The standard InChI is InChI=1S/C16H12ClN3O3/c17-13-7-3-1-5-11(13)9-15(21)23-10-20-16(22)12-6-2-4-8-14(12)18-19-20/h1-8H,9-10H2. The number of ether oxygens (including phenoxy) is 1. The van der Waals surface area contributed by atoms with Crippen LogP contribution in [0.3, 0.4) is 0 Å². The minimum atomic E-state index is -0.500. The molecule has 0 fully saturated rings. The normalized spacial score (nSPS) is 10.7. The van der Waals surface area contributed by atoms with E-state index >= 15 is 0 Å². The van der Waals surface area contributed by atoms with Crippen LogP contribution in [0.25, 0.3) is 10.9 Å². The number of nitrogens with zero attached hydrogens (tertiary/aromatic N) is 3. The van der Waals surface area contributed by atoms with Crippen molar-refractivity contribution < 1.29 is 9.53 Å². The number of carbonyl (C=O) groups excluding carboxylic acids is 1. The molecule has 0 saturated heterocycles. The van der Waals surface area contributed by atoms with Crippen LogP contribution in [0.4, 0.5) is 0 Å². The van der Waals surface area contributed by atoms with Crippen LogP contribution in [0.15, 0.2) is 53.3 Å². The average Bonchev–Trinajstić information content (AvgIpc) is 2.57. The molecule has 6 nitrogen and oxygen atoms in total. The zero-order valence-electron chi connectivity index (χ0n) is 12.0. The smallest absolute Gasteiger partial charge is 0.312 e. The number of halogens is 1. The van der Waals surface area contributed by atoms with E-state index in [2.05, 4.69) is 10.3 Å². The Morgan fingerprint density at radius 2 is 1.87 bits per heavy atom. The largest absolute Gasteiger partial charge is 0.442 e. The molecule has 0 unspecified atom stereocenters. The second kappa shape index (κ2) is 6.58. The van der Waals surface area contributed by atoms with Gasteiger partial charge in [-0.2, -0.15) is 4.68 Å². The first-order valence-electron chi connectivity index (χ1n) is 6.87. The van der Waals surface area contributed by atoms with Gasteiger partial charge in [0.25, 0.3) is 5.56 Å². The van der Waals surface area contributed by atoms with E-state index in [0.29, 0.717) is 21.5 Å². The van der Waals surface area contributed by atoms with Gasteiger partial charge in [0.15, 0.2) is 6.73 Å². The Hall–Kier alpha value is -2.73. The molecule has 0 bridgehead atoms. The summed E-state index contributed by atoms with van der Waals surface area (Å²) in [4.78, 5) is 24.1. The Balaban J connectivity index is 1.71. The van der Waals surface area contributed by atoms with Gasteiger partial charge in [0, 0.05) is 5.02 Å². The molecule has 0 aliphatic carbocycles. The van der Waals surface area contributed by atoms with Gasteiger partial charge >= 0.3 is 5.97 Å². The molecule has 0 radical (unpaired) electrons. The summed E-state index contributed by atoms with van der Waals surface area (Å²) in [6, 6.07) is 13.8. The third kappa shape index (κ3) is 3.37. The van der Waals surface area contributed by atoms with Crippen LogP contribution in [-0.4, -0.2) is 21.0 Å². The number of carbonyl (C=O) groups is 1. The predicted octanol–water partition coefficient (Wildman–Crippen LogP) is 2.19. The third-order valence-corrected chi connectivity index (χ3v) is 3.64. The molecule has 3 rings (SSSR count). The molecule has 23 heavy (non-hydrogen) atoms. The van der Waals surface area contributed by atoms with Crippen LogP contribution in [0.1, 0.15) is 5.56 Å². The maximum atomic E-state index is 12.2. The molecule has 0 saturated carbocycles. The van der Waals surface area contributed by atoms with E-state index in [9.17, 15) is 9.59 Å². The Morgan fingerprint density at radius 3 is 2.70 bits per heavy atom. The lowest BCUT2D eigenvalue weighted by Gasteiger charge is -2.07. The number of hydrogen-bond donors (Lipinski definition) is 0. The fourth-order valence-electron chi connectivity index (χ4n) is 2.09. The SMILES string of the molecule is O=C(Cc1ccccc1Cl)OCn1nnc2ccccc2c1=O. The lowest BCUT2D eigenvalue weighted by atomic mass is 10.1. The van der Waals surface area contributed by atoms with E-state index in [0.717, 1.165) is 4.68 Å². The van der Waals surface area contributed by atoms with Crippen LogP contribution in [0.2, 0.25) is 5.02 Å². The van der Waals surface area contributed by atoms with E-state index in [1.54, 1.807) is 48.5 Å². The summed E-state index contributed by atoms with van der Waals surface area (Å²) in [6.07, 6.45) is 0.0232. The van der Waals surface area contributed by atoms with Crippen LogP contribution in [-0.2, 0) is 22.7 Å². The van der Waals surface area contributed by atoms with E-state index in [-0.39, 0.29) is 18.7 Å². The number of aromatic nitrogens is 3. The van der Waals surface area contributed by atoms with E-state index in [1.807, 2.05) is 0 Å². The fourth-order valence-corrected chi connectivity index (χ4v) is 2.29. The molecule has 2 aromatic carbocycles. The lowest BCUT2D eigenvalue weighted by Crippen LogP contribution is -2.26. The van der Waals surface area contributed by atoms with E-state index in [4.69, 9.17) is 16.3 Å². The van der Waals surface area contributed by atoms with Gasteiger partial charge in [0.05, 0.1) is 11.8 Å².